The summed E-state index contributed by atoms with van der Waals surface area (Å²) in [6.45, 7) is 12.9. The van der Waals surface area contributed by atoms with E-state index in [-0.39, 0.29) is 25.5 Å². The largest absolute Gasteiger partial charge is 0.504 e. The minimum atomic E-state index is 0. The minimum Gasteiger partial charge on any atom is -0.504 e. The Morgan fingerprint density at radius 1 is 0.519 bits per heavy atom. The molecule has 0 unspecified atom stereocenters. The van der Waals surface area contributed by atoms with Gasteiger partial charge >= 0.3 is 0 Å². The fraction of sp³-hybridized carbons (Fsp3) is 0.130. The molecule has 6 aromatic rings. The Balaban J connectivity index is 0.000000165. The van der Waals surface area contributed by atoms with E-state index in [4.69, 9.17) is 0 Å². The fourth-order valence-corrected chi connectivity index (χ4v) is 6.86. The molecule has 3 heterocycles. The van der Waals surface area contributed by atoms with E-state index < -0.39 is 0 Å². The molecule has 3 aliphatic rings. The van der Waals surface area contributed by atoms with Crippen molar-refractivity contribution in [1.82, 2.24) is 0 Å². The summed E-state index contributed by atoms with van der Waals surface area (Å²) in [5, 5.41) is 9.62. The number of nitrogens with zero attached hydrogens (tertiary/aromatic N) is 7. The van der Waals surface area contributed by atoms with Crippen molar-refractivity contribution in [3.05, 3.63) is 177 Å². The molecule has 0 aromatic heterocycles. The van der Waals surface area contributed by atoms with E-state index in [1.54, 1.807) is 0 Å². The monoisotopic (exact) mass is 882 g/mol. The van der Waals surface area contributed by atoms with Crippen LogP contribution in [0.25, 0.3) is 0 Å². The van der Waals surface area contributed by atoms with E-state index in [1.165, 1.54) is 5.56 Å². The molecule has 0 N–H and O–H groups in total. The van der Waals surface area contributed by atoms with Crippen LogP contribution in [-0.2, 0) is 25.5 Å². The predicted octanol–water partition coefficient (Wildman–Crippen LogP) is 10.8. The van der Waals surface area contributed by atoms with Gasteiger partial charge in [-0.1, -0.05) is 62.7 Å². The molecule has 7 nitrogen and oxygen atoms in total. The van der Waals surface area contributed by atoms with Crippen molar-refractivity contribution in [3.8, 4) is 6.07 Å². The summed E-state index contributed by atoms with van der Waals surface area (Å²) in [5.41, 5.74) is 12.5. The van der Waals surface area contributed by atoms with Gasteiger partial charge in [0.2, 0.25) is 0 Å². The zero-order chi connectivity index (χ0) is 36.7. The fourth-order valence-electron chi connectivity index (χ4n) is 6.86. The van der Waals surface area contributed by atoms with Gasteiger partial charge in [-0.05, 0) is 55.9 Å². The van der Waals surface area contributed by atoms with Crippen LogP contribution in [0.2, 0.25) is 0 Å². The smallest absolute Gasteiger partial charge is 0.0726 e. The third kappa shape index (κ3) is 6.89. The van der Waals surface area contributed by atoms with Gasteiger partial charge in [0.25, 0.3) is 0 Å². The Morgan fingerprint density at radius 2 is 0.963 bits per heavy atom. The summed E-state index contributed by atoms with van der Waals surface area (Å²) >= 11 is 0. The first-order valence-electron chi connectivity index (χ1n) is 17.6. The van der Waals surface area contributed by atoms with E-state index in [9.17, 15) is 5.26 Å². The average Bonchev–Trinajstić information content (AvgIpc) is 3.86. The summed E-state index contributed by atoms with van der Waals surface area (Å²) < 4.78 is 0. The molecule has 0 spiro atoms. The molecule has 0 bridgehead atoms. The van der Waals surface area contributed by atoms with Gasteiger partial charge < -0.3 is 29.4 Å². The number of hydrogen-bond donors (Lipinski definition) is 0. The van der Waals surface area contributed by atoms with Gasteiger partial charge in [-0.3, -0.25) is 0 Å². The number of anilines is 10. The molecular weight excluding hydrogens is 843 g/mol. The molecule has 0 saturated heterocycles. The van der Waals surface area contributed by atoms with Gasteiger partial charge in [-0.2, -0.15) is 72.7 Å². The number of hydrogen-bond acceptors (Lipinski definition) is 7. The van der Waals surface area contributed by atoms with Gasteiger partial charge in [0.15, 0.2) is 0 Å². The van der Waals surface area contributed by atoms with Crippen LogP contribution in [0.3, 0.4) is 0 Å². The molecule has 1 radical (unpaired) electrons. The van der Waals surface area contributed by atoms with Crippen LogP contribution in [0.1, 0.15) is 31.9 Å². The predicted molar refractivity (Wildman–Crippen MR) is 217 cm³/mol. The maximum atomic E-state index is 9.62. The first-order chi connectivity index (χ1) is 25.7. The number of benzene rings is 6. The summed E-state index contributed by atoms with van der Waals surface area (Å²) in [4.78, 5) is 12.7. The van der Waals surface area contributed by atoms with Crippen LogP contribution >= 0.6 is 0 Å². The summed E-state index contributed by atoms with van der Waals surface area (Å²) in [6, 6.07) is 55.6. The second-order valence-corrected chi connectivity index (χ2v) is 14.2. The van der Waals surface area contributed by atoms with Gasteiger partial charge in [0.1, 0.15) is 0 Å². The van der Waals surface area contributed by atoms with Crippen LogP contribution in [0, 0.1) is 49.5 Å². The van der Waals surface area contributed by atoms with Crippen molar-refractivity contribution >= 4 is 56.9 Å². The summed E-state index contributed by atoms with van der Waals surface area (Å²) in [7, 11) is 4.04. The van der Waals surface area contributed by atoms with Gasteiger partial charge in [-0.15, -0.1) is 53.7 Å². The zero-order valence-electron chi connectivity index (χ0n) is 30.8. The van der Waals surface area contributed by atoms with Gasteiger partial charge in [0.05, 0.1) is 6.07 Å². The molecule has 0 amide bonds. The van der Waals surface area contributed by atoms with E-state index in [2.05, 4.69) is 148 Å². The number of fused-ring (bicyclic) bond motifs is 3. The Hall–Kier alpha value is -5.74. The van der Waals surface area contributed by atoms with Crippen molar-refractivity contribution in [1.29, 1.82) is 5.26 Å². The van der Waals surface area contributed by atoms with Gasteiger partial charge in [-0.25, -0.2) is 0 Å². The zero-order valence-corrected chi connectivity index (χ0v) is 33.2. The molecule has 0 fully saturated rings. The Bertz CT molecular complexity index is 2230. The molecule has 0 atom stereocenters. The number of para-hydroxylation sites is 7. The third-order valence-electron chi connectivity index (χ3n) is 9.60. The quantitative estimate of drug-likeness (QED) is 0.163. The van der Waals surface area contributed by atoms with E-state index in [0.29, 0.717) is 5.56 Å². The maximum absolute atomic E-state index is 9.62. The molecule has 6 aromatic carbocycles. The van der Waals surface area contributed by atoms with E-state index >= 15 is 0 Å². The minimum absolute atomic E-state index is 0. The molecule has 0 saturated carbocycles. The first kappa shape index (κ1) is 36.6. The van der Waals surface area contributed by atoms with Crippen LogP contribution in [0.4, 0.5) is 56.9 Å². The van der Waals surface area contributed by atoms with E-state index in [1.807, 2.05) is 88.1 Å². The van der Waals surface area contributed by atoms with Crippen molar-refractivity contribution < 1.29 is 20.1 Å². The van der Waals surface area contributed by atoms with E-state index in [0.717, 1.165) is 56.9 Å². The second kappa shape index (κ2) is 14.9. The van der Waals surface area contributed by atoms with Crippen molar-refractivity contribution in [2.45, 2.75) is 26.2 Å². The Labute approximate surface area is 333 Å². The molecule has 273 valence electrons. The van der Waals surface area contributed by atoms with Gasteiger partial charge in [0, 0.05) is 54.2 Å². The second-order valence-electron chi connectivity index (χ2n) is 14.2. The molecule has 54 heavy (non-hydrogen) atoms. The SMILES string of the molecule is CC(C)(C)c1cc[c-]c(N2[CH-]N(c3[c-]cccc3)c3ccccc32)c1.CN1[CH-]N(c2[c-]c(N3[CH-]N(C)c4ccccc43)cc(C#N)c2)c2ccccc21.[Ir]. The van der Waals surface area contributed by atoms with Crippen LogP contribution in [0.5, 0.6) is 0 Å². The number of nitriles is 1. The topological polar surface area (TPSA) is 43.2 Å². The molecular formula is C46H39IrN7-6. The number of rotatable bonds is 4. The average molecular weight is 882 g/mol. The maximum Gasteiger partial charge on any atom is 0.0726 e. The van der Waals surface area contributed by atoms with Crippen molar-refractivity contribution in [2.24, 2.45) is 0 Å². The summed E-state index contributed by atoms with van der Waals surface area (Å²) in [5.74, 6) is 0. The Kier molecular flexibility index (Phi) is 10.1. The standard InChI is InChI=1S/C23H18N5.C23H21N2.Ir/c1-25-15-27(22-9-5-3-7-20(22)25)18-11-17(14-24)12-19(13-18)28-16-26(2)21-8-4-6-10-23(21)28;1-23(2,3)18-10-9-13-20(16-18)25-17-24(19-11-5-4-6-12-19)21-14-7-8-15-22(21)25;/h3-12,15-16H,1-2H3;4-11,14-17H,1-3H3;/q2*-3;. The third-order valence-corrected chi connectivity index (χ3v) is 9.60. The molecule has 8 heteroatoms. The molecule has 9 rings (SSSR count). The Morgan fingerprint density at radius 3 is 1.44 bits per heavy atom. The van der Waals surface area contributed by atoms with Crippen LogP contribution in [-0.4, -0.2) is 14.1 Å². The van der Waals surface area contributed by atoms with Crippen molar-refractivity contribution in [2.75, 3.05) is 43.5 Å². The summed E-state index contributed by atoms with van der Waals surface area (Å²) in [6.07, 6.45) is 0. The van der Waals surface area contributed by atoms with Crippen LogP contribution < -0.4 is 29.4 Å². The normalized spacial score (nSPS) is 14.1. The van der Waals surface area contributed by atoms with Crippen molar-refractivity contribution in [3.63, 3.8) is 0 Å². The molecule has 3 aliphatic heterocycles. The first-order valence-corrected chi connectivity index (χ1v) is 17.6. The van der Waals surface area contributed by atoms with Crippen LogP contribution in [0.15, 0.2) is 127 Å². The molecule has 0 aliphatic carbocycles.